The molecule has 1 atom stereocenters. The molecule has 0 fully saturated rings. The minimum atomic E-state index is -0.950. The smallest absolute Gasteiger partial charge is 1.00 e. The van der Waals surface area contributed by atoms with Gasteiger partial charge in [-0.2, -0.15) is 0 Å². The summed E-state index contributed by atoms with van der Waals surface area (Å²) in [6.07, 6.45) is 4.89. The molecule has 0 amide bonds. The van der Waals surface area contributed by atoms with E-state index in [-0.39, 0.29) is 50.2 Å². The zero-order chi connectivity index (χ0) is 11.5. The van der Waals surface area contributed by atoms with Gasteiger partial charge < -0.3 is 16.4 Å². The number of esters is 1. The Balaban J connectivity index is -0.000000980. The van der Waals surface area contributed by atoms with Crippen LogP contribution in [-0.2, 0) is 9.53 Å². The first kappa shape index (κ1) is 18.7. The standard InChI is InChI=1S/C11H22O4.Na.H/c1-2-3-4-5-6-7-11(14)15-9-10(13)8-12;;/h10,12-13H,2-9H2,1H3;;/q;+1;-1. The largest absolute Gasteiger partial charge is 1.00 e. The second-order valence-corrected chi connectivity index (χ2v) is 3.68. The van der Waals surface area contributed by atoms with Crippen LogP contribution >= 0.6 is 0 Å². The summed E-state index contributed by atoms with van der Waals surface area (Å²) in [4.78, 5) is 11.1. The summed E-state index contributed by atoms with van der Waals surface area (Å²) in [5, 5.41) is 17.4. The zero-order valence-corrected chi connectivity index (χ0v) is 12.4. The van der Waals surface area contributed by atoms with Crippen molar-refractivity contribution in [3.8, 4) is 0 Å². The van der Waals surface area contributed by atoms with E-state index in [2.05, 4.69) is 6.92 Å². The van der Waals surface area contributed by atoms with Crippen LogP contribution < -0.4 is 29.6 Å². The second kappa shape index (κ2) is 13.5. The predicted octanol–water partition coefficient (Wildman–Crippen LogP) is -1.64. The van der Waals surface area contributed by atoms with Gasteiger partial charge in [-0.25, -0.2) is 0 Å². The van der Waals surface area contributed by atoms with Crippen LogP contribution in [0.2, 0.25) is 0 Å². The van der Waals surface area contributed by atoms with Crippen LogP contribution in [0.4, 0.5) is 0 Å². The summed E-state index contributed by atoms with van der Waals surface area (Å²) in [5.41, 5.74) is 0. The van der Waals surface area contributed by atoms with Gasteiger partial charge in [-0.1, -0.05) is 32.6 Å². The van der Waals surface area contributed by atoms with E-state index >= 15 is 0 Å². The molecule has 0 spiro atoms. The molecule has 0 aliphatic carbocycles. The van der Waals surface area contributed by atoms with Crippen molar-refractivity contribution in [2.75, 3.05) is 13.2 Å². The van der Waals surface area contributed by atoms with E-state index in [1.54, 1.807) is 0 Å². The third-order valence-corrected chi connectivity index (χ3v) is 2.13. The van der Waals surface area contributed by atoms with Crippen molar-refractivity contribution >= 4 is 5.97 Å². The number of carbonyl (C=O) groups excluding carboxylic acids is 1. The molecule has 1 unspecified atom stereocenters. The number of ether oxygens (including phenoxy) is 1. The van der Waals surface area contributed by atoms with Gasteiger partial charge in [0, 0.05) is 6.42 Å². The molecule has 0 bridgehead atoms. The SMILES string of the molecule is CCCCCCCC(=O)OCC(O)CO.[H-].[Na+]. The number of aliphatic hydroxyl groups is 2. The van der Waals surface area contributed by atoms with E-state index in [0.29, 0.717) is 6.42 Å². The molecule has 0 saturated carbocycles. The number of carbonyl (C=O) groups is 1. The first-order chi connectivity index (χ1) is 7.20. The Kier molecular flexibility index (Phi) is 15.8. The van der Waals surface area contributed by atoms with Gasteiger partial charge in [-0.3, -0.25) is 4.79 Å². The minimum absolute atomic E-state index is 0. The van der Waals surface area contributed by atoms with Gasteiger partial charge in [0.15, 0.2) is 0 Å². The molecule has 0 heterocycles. The summed E-state index contributed by atoms with van der Waals surface area (Å²) in [6.45, 7) is 1.67. The number of rotatable bonds is 9. The summed E-state index contributed by atoms with van der Waals surface area (Å²) >= 11 is 0. The molecule has 0 aromatic heterocycles. The van der Waals surface area contributed by atoms with Crippen LogP contribution in [0.3, 0.4) is 0 Å². The topological polar surface area (TPSA) is 66.8 Å². The van der Waals surface area contributed by atoms with E-state index < -0.39 is 6.10 Å². The Labute approximate surface area is 121 Å². The molecule has 4 nitrogen and oxygen atoms in total. The predicted molar refractivity (Wildman–Crippen MR) is 58.5 cm³/mol. The van der Waals surface area contributed by atoms with Crippen molar-refractivity contribution < 1.29 is 50.7 Å². The van der Waals surface area contributed by atoms with Gasteiger partial charge >= 0.3 is 35.5 Å². The van der Waals surface area contributed by atoms with E-state index in [9.17, 15) is 4.79 Å². The zero-order valence-electron chi connectivity index (χ0n) is 11.4. The van der Waals surface area contributed by atoms with E-state index in [1.165, 1.54) is 12.8 Å². The van der Waals surface area contributed by atoms with Crippen molar-refractivity contribution in [3.05, 3.63) is 0 Å². The molecule has 0 saturated heterocycles. The minimum Gasteiger partial charge on any atom is -1.00 e. The van der Waals surface area contributed by atoms with Gasteiger partial charge in [-0.15, -0.1) is 0 Å². The second-order valence-electron chi connectivity index (χ2n) is 3.68. The monoisotopic (exact) mass is 242 g/mol. The fourth-order valence-corrected chi connectivity index (χ4v) is 1.19. The van der Waals surface area contributed by atoms with E-state index in [4.69, 9.17) is 14.9 Å². The van der Waals surface area contributed by atoms with E-state index in [1.807, 2.05) is 0 Å². The summed E-state index contributed by atoms with van der Waals surface area (Å²) in [6, 6.07) is 0. The molecule has 0 aliphatic rings. The van der Waals surface area contributed by atoms with Gasteiger partial charge in [0.2, 0.25) is 0 Å². The van der Waals surface area contributed by atoms with Crippen molar-refractivity contribution in [1.82, 2.24) is 0 Å². The molecule has 0 aliphatic heterocycles. The van der Waals surface area contributed by atoms with Gasteiger partial charge in [0.05, 0.1) is 6.61 Å². The first-order valence-electron chi connectivity index (χ1n) is 5.65. The van der Waals surface area contributed by atoms with Gasteiger partial charge in [-0.05, 0) is 6.42 Å². The van der Waals surface area contributed by atoms with Crippen molar-refractivity contribution in [2.45, 2.75) is 51.6 Å². The molecule has 16 heavy (non-hydrogen) atoms. The van der Waals surface area contributed by atoms with Crippen LogP contribution in [0.1, 0.15) is 46.9 Å². The summed E-state index contributed by atoms with van der Waals surface area (Å²) in [5.74, 6) is -0.293. The third kappa shape index (κ3) is 12.5. The Morgan fingerprint density at radius 1 is 1.31 bits per heavy atom. The number of aliphatic hydroxyl groups excluding tert-OH is 2. The average Bonchev–Trinajstić information content (AvgIpc) is 2.25. The maximum atomic E-state index is 11.1. The fourth-order valence-electron chi connectivity index (χ4n) is 1.19. The number of hydrogen-bond donors (Lipinski definition) is 2. The Bertz CT molecular complexity index is 170. The Hall–Kier alpha value is 0.390. The molecule has 92 valence electrons. The average molecular weight is 242 g/mol. The molecular formula is C11H23NaO4. The normalized spacial score (nSPS) is 11.7. The fraction of sp³-hybridized carbons (Fsp3) is 0.909. The van der Waals surface area contributed by atoms with Gasteiger partial charge in [0.25, 0.3) is 0 Å². The molecule has 0 aromatic rings. The van der Waals surface area contributed by atoms with Crippen LogP contribution in [0.5, 0.6) is 0 Å². The van der Waals surface area contributed by atoms with Crippen molar-refractivity contribution in [1.29, 1.82) is 0 Å². The Morgan fingerprint density at radius 2 is 1.94 bits per heavy atom. The molecule has 0 radical (unpaired) electrons. The number of unbranched alkanes of at least 4 members (excludes halogenated alkanes) is 4. The van der Waals surface area contributed by atoms with Crippen molar-refractivity contribution in [3.63, 3.8) is 0 Å². The molecule has 0 aromatic carbocycles. The summed E-state index contributed by atoms with van der Waals surface area (Å²) < 4.78 is 4.75. The molecule has 0 rings (SSSR count). The third-order valence-electron chi connectivity index (χ3n) is 2.13. The number of hydrogen-bond acceptors (Lipinski definition) is 4. The van der Waals surface area contributed by atoms with Crippen LogP contribution in [0, 0.1) is 0 Å². The first-order valence-corrected chi connectivity index (χ1v) is 5.65. The van der Waals surface area contributed by atoms with Crippen LogP contribution in [-0.4, -0.2) is 35.5 Å². The molecule has 5 heteroatoms. The quantitative estimate of drug-likeness (QED) is 0.289. The van der Waals surface area contributed by atoms with Crippen molar-refractivity contribution in [2.24, 2.45) is 0 Å². The maximum absolute atomic E-state index is 11.1. The molecular weight excluding hydrogens is 219 g/mol. The van der Waals surface area contributed by atoms with Crippen LogP contribution in [0.15, 0.2) is 0 Å². The van der Waals surface area contributed by atoms with E-state index in [0.717, 1.165) is 19.3 Å². The summed E-state index contributed by atoms with van der Waals surface area (Å²) in [7, 11) is 0. The van der Waals surface area contributed by atoms with Gasteiger partial charge in [0.1, 0.15) is 12.7 Å². The molecule has 2 N–H and O–H groups in total. The Morgan fingerprint density at radius 3 is 2.50 bits per heavy atom. The van der Waals surface area contributed by atoms with Crippen LogP contribution in [0.25, 0.3) is 0 Å². The maximum Gasteiger partial charge on any atom is 1.00 e.